The summed E-state index contributed by atoms with van der Waals surface area (Å²) in [4.78, 5) is 14.3. The van der Waals surface area contributed by atoms with Crippen molar-refractivity contribution in [2.75, 3.05) is 11.4 Å². The Hall–Kier alpha value is -2.10. The van der Waals surface area contributed by atoms with Gasteiger partial charge in [-0.3, -0.25) is 9.48 Å². The Balaban J connectivity index is 1.68. The van der Waals surface area contributed by atoms with E-state index in [0.717, 1.165) is 36.3 Å². The van der Waals surface area contributed by atoms with Crippen molar-refractivity contribution in [3.05, 3.63) is 47.3 Å². The second-order valence-corrected chi connectivity index (χ2v) is 5.30. The fourth-order valence-corrected chi connectivity index (χ4v) is 2.76. The molecule has 20 heavy (non-hydrogen) atoms. The van der Waals surface area contributed by atoms with Crippen LogP contribution in [0.3, 0.4) is 0 Å². The summed E-state index contributed by atoms with van der Waals surface area (Å²) in [6.45, 7) is 2.85. The molecule has 1 amide bonds. The third kappa shape index (κ3) is 2.22. The van der Waals surface area contributed by atoms with Crippen LogP contribution in [0.15, 0.2) is 30.5 Å². The lowest BCUT2D eigenvalue weighted by atomic mass is 10.1. The third-order valence-electron chi connectivity index (χ3n) is 4.13. The van der Waals surface area contributed by atoms with E-state index in [9.17, 15) is 4.79 Å². The van der Waals surface area contributed by atoms with Crippen LogP contribution in [0, 0.1) is 6.92 Å². The standard InChI is InChI=1S/C16H19N3O/c1-12-14(11-17-18(12)2)7-8-16(20)19-10-9-13-5-3-4-6-15(13)19/h3-6,11H,7-10H2,1-2H3. The molecule has 104 valence electrons. The van der Waals surface area contributed by atoms with Crippen molar-refractivity contribution >= 4 is 11.6 Å². The van der Waals surface area contributed by atoms with Crippen LogP contribution < -0.4 is 4.90 Å². The summed E-state index contributed by atoms with van der Waals surface area (Å²) >= 11 is 0. The monoisotopic (exact) mass is 269 g/mol. The number of rotatable bonds is 3. The Morgan fingerprint density at radius 2 is 2.15 bits per heavy atom. The molecule has 2 aromatic rings. The summed E-state index contributed by atoms with van der Waals surface area (Å²) in [6.07, 6.45) is 4.13. The molecule has 4 nitrogen and oxygen atoms in total. The number of carbonyl (C=O) groups is 1. The Kier molecular flexibility index (Phi) is 3.30. The van der Waals surface area contributed by atoms with Crippen LogP contribution in [-0.4, -0.2) is 22.2 Å². The van der Waals surface area contributed by atoms with Crippen molar-refractivity contribution in [2.45, 2.75) is 26.2 Å². The van der Waals surface area contributed by atoms with Crippen molar-refractivity contribution in [2.24, 2.45) is 7.05 Å². The number of benzene rings is 1. The number of aryl methyl sites for hydroxylation is 2. The predicted molar refractivity (Wildman–Crippen MR) is 78.8 cm³/mol. The molecule has 0 spiro atoms. The molecule has 3 rings (SSSR count). The Morgan fingerprint density at radius 1 is 1.35 bits per heavy atom. The summed E-state index contributed by atoms with van der Waals surface area (Å²) in [5, 5.41) is 4.22. The van der Waals surface area contributed by atoms with E-state index in [0.29, 0.717) is 6.42 Å². The lowest BCUT2D eigenvalue weighted by Crippen LogP contribution is -2.29. The minimum atomic E-state index is 0.207. The van der Waals surface area contributed by atoms with Gasteiger partial charge >= 0.3 is 0 Å². The fraction of sp³-hybridized carbons (Fsp3) is 0.375. The molecular formula is C16H19N3O. The van der Waals surface area contributed by atoms with E-state index in [-0.39, 0.29) is 5.91 Å². The van der Waals surface area contributed by atoms with Gasteiger partial charge in [0.2, 0.25) is 5.91 Å². The predicted octanol–water partition coefficient (Wildman–Crippen LogP) is 2.25. The van der Waals surface area contributed by atoms with Crippen LogP contribution in [0.25, 0.3) is 0 Å². The van der Waals surface area contributed by atoms with Crippen LogP contribution in [0.1, 0.15) is 23.2 Å². The zero-order valence-electron chi connectivity index (χ0n) is 12.0. The minimum absolute atomic E-state index is 0.207. The zero-order chi connectivity index (χ0) is 14.1. The van der Waals surface area contributed by atoms with E-state index < -0.39 is 0 Å². The highest BCUT2D eigenvalue weighted by Crippen LogP contribution is 2.28. The highest BCUT2D eigenvalue weighted by molar-refractivity contribution is 5.95. The fourth-order valence-electron chi connectivity index (χ4n) is 2.76. The molecule has 0 N–H and O–H groups in total. The highest BCUT2D eigenvalue weighted by Gasteiger charge is 2.23. The second-order valence-electron chi connectivity index (χ2n) is 5.30. The van der Waals surface area contributed by atoms with Crippen LogP contribution in [-0.2, 0) is 24.7 Å². The number of amides is 1. The summed E-state index contributed by atoms with van der Waals surface area (Å²) in [5.74, 6) is 0.207. The molecule has 1 aromatic heterocycles. The lowest BCUT2D eigenvalue weighted by molar-refractivity contribution is -0.118. The number of fused-ring (bicyclic) bond motifs is 1. The third-order valence-corrected chi connectivity index (χ3v) is 4.13. The van der Waals surface area contributed by atoms with Gasteiger partial charge in [-0.05, 0) is 37.0 Å². The van der Waals surface area contributed by atoms with E-state index >= 15 is 0 Å². The maximum absolute atomic E-state index is 12.4. The highest BCUT2D eigenvalue weighted by atomic mass is 16.2. The first-order valence-electron chi connectivity index (χ1n) is 7.02. The zero-order valence-corrected chi connectivity index (χ0v) is 12.0. The molecule has 0 bridgehead atoms. The molecular weight excluding hydrogens is 250 g/mol. The quantitative estimate of drug-likeness (QED) is 0.857. The molecule has 0 atom stereocenters. The molecule has 4 heteroatoms. The van der Waals surface area contributed by atoms with Gasteiger partial charge in [-0.2, -0.15) is 5.10 Å². The topological polar surface area (TPSA) is 38.1 Å². The van der Waals surface area contributed by atoms with E-state index in [2.05, 4.69) is 11.2 Å². The summed E-state index contributed by atoms with van der Waals surface area (Å²) in [5.41, 5.74) is 4.66. The van der Waals surface area contributed by atoms with E-state index in [1.807, 2.05) is 47.9 Å². The molecule has 2 heterocycles. The number of hydrogen-bond acceptors (Lipinski definition) is 2. The van der Waals surface area contributed by atoms with Gasteiger partial charge < -0.3 is 4.90 Å². The van der Waals surface area contributed by atoms with Gasteiger partial charge in [0.25, 0.3) is 0 Å². The SMILES string of the molecule is Cc1c(CCC(=O)N2CCc3ccccc32)cnn1C. The number of aromatic nitrogens is 2. The molecule has 1 aromatic carbocycles. The number of para-hydroxylation sites is 1. The molecule has 0 aliphatic carbocycles. The number of carbonyl (C=O) groups excluding carboxylic acids is 1. The minimum Gasteiger partial charge on any atom is -0.312 e. The van der Waals surface area contributed by atoms with Gasteiger partial charge in [-0.15, -0.1) is 0 Å². The molecule has 1 aliphatic heterocycles. The van der Waals surface area contributed by atoms with Crippen LogP contribution >= 0.6 is 0 Å². The van der Waals surface area contributed by atoms with E-state index in [1.54, 1.807) is 0 Å². The van der Waals surface area contributed by atoms with Crippen molar-refractivity contribution in [3.8, 4) is 0 Å². The van der Waals surface area contributed by atoms with Crippen LogP contribution in [0.4, 0.5) is 5.69 Å². The molecule has 0 fully saturated rings. The first-order valence-corrected chi connectivity index (χ1v) is 7.02. The lowest BCUT2D eigenvalue weighted by Gasteiger charge is -2.17. The Bertz CT molecular complexity index is 645. The van der Waals surface area contributed by atoms with Crippen molar-refractivity contribution in [1.82, 2.24) is 9.78 Å². The maximum Gasteiger partial charge on any atom is 0.227 e. The van der Waals surface area contributed by atoms with Gasteiger partial charge in [-0.1, -0.05) is 18.2 Å². The van der Waals surface area contributed by atoms with E-state index in [4.69, 9.17) is 0 Å². The summed E-state index contributed by atoms with van der Waals surface area (Å²) < 4.78 is 1.85. The average Bonchev–Trinajstić information content (AvgIpc) is 3.02. The second kappa shape index (κ2) is 5.12. The molecule has 0 unspecified atom stereocenters. The van der Waals surface area contributed by atoms with Crippen LogP contribution in [0.5, 0.6) is 0 Å². The number of nitrogens with zero attached hydrogens (tertiary/aromatic N) is 3. The first kappa shape index (κ1) is 12.9. The summed E-state index contributed by atoms with van der Waals surface area (Å²) in [7, 11) is 1.93. The number of anilines is 1. The Morgan fingerprint density at radius 3 is 2.90 bits per heavy atom. The van der Waals surface area contributed by atoms with Gasteiger partial charge in [-0.25, -0.2) is 0 Å². The van der Waals surface area contributed by atoms with E-state index in [1.165, 1.54) is 5.56 Å². The van der Waals surface area contributed by atoms with Crippen molar-refractivity contribution < 1.29 is 4.79 Å². The molecule has 0 saturated heterocycles. The van der Waals surface area contributed by atoms with Gasteiger partial charge in [0.15, 0.2) is 0 Å². The summed E-state index contributed by atoms with van der Waals surface area (Å²) in [6, 6.07) is 8.17. The average molecular weight is 269 g/mol. The van der Waals surface area contributed by atoms with Gasteiger partial charge in [0.1, 0.15) is 0 Å². The largest absolute Gasteiger partial charge is 0.312 e. The Labute approximate surface area is 119 Å². The van der Waals surface area contributed by atoms with Gasteiger partial charge in [0, 0.05) is 31.4 Å². The van der Waals surface area contributed by atoms with Gasteiger partial charge in [0.05, 0.1) is 6.20 Å². The first-order chi connectivity index (χ1) is 9.66. The van der Waals surface area contributed by atoms with Crippen LogP contribution in [0.2, 0.25) is 0 Å². The molecule has 1 aliphatic rings. The molecule has 0 saturated carbocycles. The maximum atomic E-state index is 12.4. The van der Waals surface area contributed by atoms with Crippen molar-refractivity contribution in [3.63, 3.8) is 0 Å². The normalized spacial score (nSPS) is 13.6. The molecule has 0 radical (unpaired) electrons. The smallest absolute Gasteiger partial charge is 0.227 e. The number of hydrogen-bond donors (Lipinski definition) is 0. The van der Waals surface area contributed by atoms with Crippen molar-refractivity contribution in [1.29, 1.82) is 0 Å².